The summed E-state index contributed by atoms with van der Waals surface area (Å²) in [6.45, 7) is 13.3. The van der Waals surface area contributed by atoms with Crippen LogP contribution in [-0.4, -0.2) is 51.6 Å². The molecule has 5 aliphatic carbocycles. The van der Waals surface area contributed by atoms with Gasteiger partial charge in [0.25, 0.3) is 0 Å². The average Bonchev–Trinajstić information content (AvgIpc) is 2.76. The monoisotopic (exact) mass is 488 g/mol. The molecule has 0 radical (unpaired) electrons. The third kappa shape index (κ3) is 2.99. The van der Waals surface area contributed by atoms with Gasteiger partial charge in [0.1, 0.15) is 6.29 Å². The van der Waals surface area contributed by atoms with E-state index in [4.69, 9.17) is 0 Å². The number of allylic oxidation sites excluding steroid dienone is 2. The van der Waals surface area contributed by atoms with E-state index in [0.29, 0.717) is 25.2 Å². The fourth-order valence-corrected chi connectivity index (χ4v) is 10.8. The lowest BCUT2D eigenvalue weighted by Crippen LogP contribution is -2.69. The molecule has 5 unspecified atom stereocenters. The Morgan fingerprint density at radius 2 is 1.54 bits per heavy atom. The fraction of sp³-hybridized carbons (Fsp3) is 0.900. The molecule has 4 saturated carbocycles. The van der Waals surface area contributed by atoms with E-state index >= 15 is 0 Å². The third-order valence-corrected chi connectivity index (χ3v) is 13.1. The summed E-state index contributed by atoms with van der Waals surface area (Å²) < 4.78 is 0. The van der Waals surface area contributed by atoms with Crippen LogP contribution in [-0.2, 0) is 4.79 Å². The molecule has 198 valence electrons. The second-order valence-electron chi connectivity index (χ2n) is 15.0. The quantitative estimate of drug-likeness (QED) is 0.344. The number of fused-ring (bicyclic) bond motifs is 7. The topological polar surface area (TPSA) is 98.0 Å². The largest absolute Gasteiger partial charge is 0.396 e. The van der Waals surface area contributed by atoms with Gasteiger partial charge in [-0.3, -0.25) is 0 Å². The van der Waals surface area contributed by atoms with Crippen LogP contribution in [0.4, 0.5) is 0 Å². The molecule has 11 atom stereocenters. The number of aldehydes is 1. The molecule has 5 heteroatoms. The summed E-state index contributed by atoms with van der Waals surface area (Å²) in [4.78, 5) is 12.3. The Bertz CT molecular complexity index is 928. The molecule has 0 bridgehead atoms. The molecule has 0 aromatic rings. The van der Waals surface area contributed by atoms with Crippen molar-refractivity contribution in [3.8, 4) is 0 Å². The van der Waals surface area contributed by atoms with Crippen molar-refractivity contribution in [3.63, 3.8) is 0 Å². The highest BCUT2D eigenvalue weighted by Gasteiger charge is 2.71. The SMILES string of the molecule is CC1(C)CC(O)[C@@]2(CO)C(C1)C1=CCC3[C@@]4(C)CCC(O)[C@@](C)(C=O)C4CC[C@@]3(C)[C@]1(C)C[C@@H]2O. The summed E-state index contributed by atoms with van der Waals surface area (Å²) in [5.74, 6) is 0.453. The number of hydrogen-bond donors (Lipinski definition) is 4. The fourth-order valence-electron chi connectivity index (χ4n) is 10.8. The molecule has 0 aromatic carbocycles. The molecular formula is C30H48O5. The number of hydrogen-bond acceptors (Lipinski definition) is 5. The van der Waals surface area contributed by atoms with Gasteiger partial charge >= 0.3 is 0 Å². The van der Waals surface area contributed by atoms with Crippen LogP contribution in [0.2, 0.25) is 0 Å². The van der Waals surface area contributed by atoms with Crippen molar-refractivity contribution < 1.29 is 25.2 Å². The zero-order chi connectivity index (χ0) is 25.8. The Balaban J connectivity index is 1.63. The van der Waals surface area contributed by atoms with Crippen LogP contribution in [0, 0.1) is 50.2 Å². The van der Waals surface area contributed by atoms with E-state index in [-0.39, 0.29) is 40.1 Å². The highest BCUT2D eigenvalue weighted by atomic mass is 16.3. The average molecular weight is 489 g/mol. The Hall–Kier alpha value is -0.750. The maximum Gasteiger partial charge on any atom is 0.128 e. The first-order valence-electron chi connectivity index (χ1n) is 14.0. The normalized spacial score (nSPS) is 57.1. The number of aliphatic hydroxyl groups is 4. The molecule has 0 amide bonds. The van der Waals surface area contributed by atoms with Gasteiger partial charge in [-0.1, -0.05) is 53.2 Å². The summed E-state index contributed by atoms with van der Waals surface area (Å²) in [6.07, 6.45) is 7.72. The van der Waals surface area contributed by atoms with Gasteiger partial charge in [-0.15, -0.1) is 0 Å². The third-order valence-electron chi connectivity index (χ3n) is 13.1. The van der Waals surface area contributed by atoms with Crippen molar-refractivity contribution in [3.05, 3.63) is 11.6 Å². The predicted molar refractivity (Wildman–Crippen MR) is 135 cm³/mol. The van der Waals surface area contributed by atoms with Crippen LogP contribution in [0.3, 0.4) is 0 Å². The van der Waals surface area contributed by atoms with Gasteiger partial charge in [-0.05, 0) is 90.8 Å². The molecule has 0 saturated heterocycles. The Kier molecular flexibility index (Phi) is 5.65. The molecule has 5 nitrogen and oxygen atoms in total. The van der Waals surface area contributed by atoms with Crippen LogP contribution in [0.25, 0.3) is 0 Å². The zero-order valence-electron chi connectivity index (χ0n) is 22.7. The Morgan fingerprint density at radius 3 is 2.17 bits per heavy atom. The highest BCUT2D eigenvalue weighted by Crippen LogP contribution is 2.75. The minimum atomic E-state index is -0.893. The standard InChI is InChI=1S/C30H48O5/c1-25(2)13-19-18-7-8-21-26(3)11-10-22(33)27(4,16-31)20(26)9-12-28(21,5)29(18,6)15-24(35)30(19,17-32)23(34)14-25/h7,16,19-24,32-35H,8-15,17H2,1-6H3/t19?,20?,21?,22?,23?,24-,26-,27-,28+,29+,30+/m0/s1. The van der Waals surface area contributed by atoms with E-state index in [0.717, 1.165) is 38.4 Å². The van der Waals surface area contributed by atoms with Crippen LogP contribution in [0.15, 0.2) is 11.6 Å². The van der Waals surface area contributed by atoms with E-state index in [1.54, 1.807) is 0 Å². The predicted octanol–water partition coefficient (Wildman–Crippen LogP) is 4.26. The van der Waals surface area contributed by atoms with Crippen LogP contribution in [0.5, 0.6) is 0 Å². The van der Waals surface area contributed by atoms with Crippen LogP contribution >= 0.6 is 0 Å². The molecular weight excluding hydrogens is 440 g/mol. The molecule has 0 aliphatic heterocycles. The summed E-state index contributed by atoms with van der Waals surface area (Å²) in [5, 5.41) is 44.6. The van der Waals surface area contributed by atoms with Gasteiger partial charge in [0.2, 0.25) is 0 Å². The molecule has 0 aromatic heterocycles. The van der Waals surface area contributed by atoms with Gasteiger partial charge < -0.3 is 25.2 Å². The van der Waals surface area contributed by atoms with Gasteiger partial charge in [0, 0.05) is 0 Å². The maximum atomic E-state index is 12.3. The second-order valence-corrected chi connectivity index (χ2v) is 15.0. The molecule has 4 fully saturated rings. The van der Waals surface area contributed by atoms with Crippen molar-refractivity contribution in [1.82, 2.24) is 0 Å². The summed E-state index contributed by atoms with van der Waals surface area (Å²) in [6, 6.07) is 0. The van der Waals surface area contributed by atoms with E-state index in [1.807, 2.05) is 6.92 Å². The van der Waals surface area contributed by atoms with Crippen LogP contribution < -0.4 is 0 Å². The first-order valence-corrected chi connectivity index (χ1v) is 14.0. The summed E-state index contributed by atoms with van der Waals surface area (Å²) in [7, 11) is 0. The van der Waals surface area contributed by atoms with Gasteiger partial charge in [0.05, 0.1) is 35.7 Å². The number of rotatable bonds is 2. The number of carbonyl (C=O) groups is 1. The van der Waals surface area contributed by atoms with E-state index in [1.165, 1.54) is 5.57 Å². The molecule has 4 N–H and O–H groups in total. The first-order chi connectivity index (χ1) is 16.2. The Morgan fingerprint density at radius 1 is 0.886 bits per heavy atom. The molecule has 5 rings (SSSR count). The summed E-state index contributed by atoms with van der Waals surface area (Å²) >= 11 is 0. The van der Waals surface area contributed by atoms with Crippen molar-refractivity contribution in [2.45, 2.75) is 111 Å². The first kappa shape index (κ1) is 25.9. The van der Waals surface area contributed by atoms with Gasteiger partial charge in [0.15, 0.2) is 0 Å². The highest BCUT2D eigenvalue weighted by molar-refractivity contribution is 5.61. The Labute approximate surface area is 211 Å². The van der Waals surface area contributed by atoms with Crippen molar-refractivity contribution >= 4 is 6.29 Å². The van der Waals surface area contributed by atoms with Gasteiger partial charge in [-0.2, -0.15) is 0 Å². The zero-order valence-corrected chi connectivity index (χ0v) is 22.7. The van der Waals surface area contributed by atoms with E-state index < -0.39 is 29.1 Å². The molecule has 0 spiro atoms. The number of aliphatic hydroxyl groups excluding tert-OH is 4. The second kappa shape index (κ2) is 7.65. The van der Waals surface area contributed by atoms with E-state index in [9.17, 15) is 25.2 Å². The van der Waals surface area contributed by atoms with Crippen LogP contribution in [0.1, 0.15) is 92.9 Å². The van der Waals surface area contributed by atoms with Crippen molar-refractivity contribution in [2.75, 3.05) is 6.61 Å². The van der Waals surface area contributed by atoms with Crippen molar-refractivity contribution in [2.24, 2.45) is 50.2 Å². The maximum absolute atomic E-state index is 12.3. The van der Waals surface area contributed by atoms with E-state index in [2.05, 4.69) is 40.7 Å². The van der Waals surface area contributed by atoms with Gasteiger partial charge in [-0.25, -0.2) is 0 Å². The minimum absolute atomic E-state index is 0.0447. The van der Waals surface area contributed by atoms with Crippen molar-refractivity contribution in [1.29, 1.82) is 0 Å². The lowest BCUT2D eigenvalue weighted by atomic mass is 9.33. The molecule has 35 heavy (non-hydrogen) atoms. The minimum Gasteiger partial charge on any atom is -0.396 e. The molecule has 5 aliphatic rings. The molecule has 0 heterocycles. The summed E-state index contributed by atoms with van der Waals surface area (Å²) in [5.41, 5.74) is -0.691. The lowest BCUT2D eigenvalue weighted by molar-refractivity contribution is -0.233. The number of carbonyl (C=O) groups excluding carboxylic acids is 1. The lowest BCUT2D eigenvalue weighted by Gasteiger charge is -2.72. The smallest absolute Gasteiger partial charge is 0.128 e.